The first-order valence-electron chi connectivity index (χ1n) is 10.2. The van der Waals surface area contributed by atoms with E-state index in [1.165, 1.54) is 6.42 Å². The van der Waals surface area contributed by atoms with Crippen LogP contribution in [0.3, 0.4) is 0 Å². The van der Waals surface area contributed by atoms with Gasteiger partial charge in [0, 0.05) is 0 Å². The van der Waals surface area contributed by atoms with Crippen LogP contribution in [0, 0.1) is 11.8 Å². The number of rotatable bonds is 7. The van der Waals surface area contributed by atoms with E-state index < -0.39 is 23.6 Å². The van der Waals surface area contributed by atoms with Crippen molar-refractivity contribution in [3.8, 4) is 0 Å². The number of carboxylic acids is 1. The maximum Gasteiger partial charge on any atom is 0.408 e. The molecular formula is C23H33NO4. The summed E-state index contributed by atoms with van der Waals surface area (Å²) in [6.07, 6.45) is 8.93. The summed E-state index contributed by atoms with van der Waals surface area (Å²) < 4.78 is 5.38. The van der Waals surface area contributed by atoms with E-state index in [1.807, 2.05) is 57.2 Å². The van der Waals surface area contributed by atoms with E-state index in [1.54, 1.807) is 6.08 Å². The van der Waals surface area contributed by atoms with Gasteiger partial charge >= 0.3 is 12.1 Å². The highest BCUT2D eigenvalue weighted by Crippen LogP contribution is 2.31. The van der Waals surface area contributed by atoms with Gasteiger partial charge in [-0.05, 0) is 51.5 Å². The summed E-state index contributed by atoms with van der Waals surface area (Å²) in [6, 6.07) is 9.50. The summed E-state index contributed by atoms with van der Waals surface area (Å²) in [5.74, 6) is -1.14. The number of aliphatic carboxylic acids is 1. The van der Waals surface area contributed by atoms with Gasteiger partial charge in [0.15, 0.2) is 0 Å². The first kappa shape index (κ1) is 22.0. The van der Waals surface area contributed by atoms with Gasteiger partial charge < -0.3 is 15.2 Å². The second-order valence-electron chi connectivity index (χ2n) is 8.59. The van der Waals surface area contributed by atoms with E-state index >= 15 is 0 Å². The van der Waals surface area contributed by atoms with Gasteiger partial charge in [-0.3, -0.25) is 4.79 Å². The molecule has 1 fully saturated rings. The SMILES string of the molecule is CC(C)(C)OC(=O)NC(C=CC(C(=O)O)C1CCCCC1)Cc1ccccc1. The minimum absolute atomic E-state index is 0.168. The average molecular weight is 388 g/mol. The molecule has 1 amide bonds. The number of amides is 1. The van der Waals surface area contributed by atoms with Crippen LogP contribution in [0.2, 0.25) is 0 Å². The van der Waals surface area contributed by atoms with Crippen molar-refractivity contribution in [2.75, 3.05) is 0 Å². The van der Waals surface area contributed by atoms with Crippen LogP contribution in [0.5, 0.6) is 0 Å². The van der Waals surface area contributed by atoms with E-state index in [0.29, 0.717) is 6.42 Å². The van der Waals surface area contributed by atoms with Crippen molar-refractivity contribution in [2.45, 2.75) is 70.9 Å². The Labute approximate surface area is 168 Å². The van der Waals surface area contributed by atoms with Crippen LogP contribution >= 0.6 is 0 Å². The van der Waals surface area contributed by atoms with Crippen LogP contribution in [0.25, 0.3) is 0 Å². The average Bonchev–Trinajstić information content (AvgIpc) is 2.61. The molecule has 1 aliphatic rings. The molecule has 1 saturated carbocycles. The summed E-state index contributed by atoms with van der Waals surface area (Å²) in [4.78, 5) is 24.1. The summed E-state index contributed by atoms with van der Waals surface area (Å²) in [6.45, 7) is 5.45. The van der Waals surface area contributed by atoms with Crippen LogP contribution in [-0.4, -0.2) is 28.8 Å². The monoisotopic (exact) mass is 387 g/mol. The Morgan fingerprint density at radius 2 is 1.79 bits per heavy atom. The Balaban J connectivity index is 2.12. The minimum Gasteiger partial charge on any atom is -0.481 e. The molecular weight excluding hydrogens is 354 g/mol. The minimum atomic E-state index is -0.793. The molecule has 5 heteroatoms. The molecule has 154 valence electrons. The lowest BCUT2D eigenvalue weighted by Gasteiger charge is -2.26. The van der Waals surface area contributed by atoms with Crippen LogP contribution in [-0.2, 0) is 16.0 Å². The molecule has 0 saturated heterocycles. The molecule has 2 N–H and O–H groups in total. The lowest BCUT2D eigenvalue weighted by molar-refractivity contribution is -0.142. The fraction of sp³-hybridized carbons (Fsp3) is 0.565. The molecule has 0 aliphatic heterocycles. The first-order chi connectivity index (χ1) is 13.2. The Morgan fingerprint density at radius 3 is 2.36 bits per heavy atom. The van der Waals surface area contributed by atoms with Crippen LogP contribution in [0.4, 0.5) is 4.79 Å². The van der Waals surface area contributed by atoms with Gasteiger partial charge in [-0.25, -0.2) is 4.79 Å². The zero-order valence-electron chi connectivity index (χ0n) is 17.2. The highest BCUT2D eigenvalue weighted by Gasteiger charge is 2.27. The topological polar surface area (TPSA) is 75.6 Å². The highest BCUT2D eigenvalue weighted by atomic mass is 16.6. The maximum atomic E-state index is 12.3. The molecule has 0 aromatic heterocycles. The molecule has 2 atom stereocenters. The van der Waals surface area contributed by atoms with E-state index in [0.717, 1.165) is 31.2 Å². The normalized spacial score (nSPS) is 17.8. The smallest absolute Gasteiger partial charge is 0.408 e. The number of hydrogen-bond acceptors (Lipinski definition) is 3. The summed E-state index contributed by atoms with van der Waals surface area (Å²) in [5, 5.41) is 12.6. The Morgan fingerprint density at radius 1 is 1.14 bits per heavy atom. The largest absolute Gasteiger partial charge is 0.481 e. The Hall–Kier alpha value is -2.30. The molecule has 2 rings (SSSR count). The van der Waals surface area contributed by atoms with E-state index in [4.69, 9.17) is 4.74 Å². The summed E-state index contributed by atoms with van der Waals surface area (Å²) in [5.41, 5.74) is 0.481. The fourth-order valence-electron chi connectivity index (χ4n) is 3.68. The quantitative estimate of drug-likeness (QED) is 0.649. The van der Waals surface area contributed by atoms with Crippen molar-refractivity contribution in [3.05, 3.63) is 48.0 Å². The number of carbonyl (C=O) groups is 2. The lowest BCUT2D eigenvalue weighted by atomic mass is 9.79. The van der Waals surface area contributed by atoms with Crippen molar-refractivity contribution in [1.82, 2.24) is 5.32 Å². The molecule has 5 nitrogen and oxygen atoms in total. The van der Waals surface area contributed by atoms with E-state index in [-0.39, 0.29) is 12.0 Å². The zero-order valence-corrected chi connectivity index (χ0v) is 17.2. The molecule has 0 spiro atoms. The van der Waals surface area contributed by atoms with Crippen LogP contribution < -0.4 is 5.32 Å². The predicted octanol–water partition coefficient (Wildman–Crippen LogP) is 4.96. The number of hydrogen-bond donors (Lipinski definition) is 2. The standard InChI is InChI=1S/C23H33NO4/c1-23(2,3)28-22(27)24-19(16-17-10-6-4-7-11-17)14-15-20(21(25)26)18-12-8-5-9-13-18/h4,6-7,10-11,14-15,18-20H,5,8-9,12-13,16H2,1-3H3,(H,24,27)(H,25,26). The lowest BCUT2D eigenvalue weighted by Crippen LogP contribution is -2.39. The first-order valence-corrected chi connectivity index (χ1v) is 10.2. The van der Waals surface area contributed by atoms with E-state index in [2.05, 4.69) is 5.32 Å². The second-order valence-corrected chi connectivity index (χ2v) is 8.59. The molecule has 2 unspecified atom stereocenters. The van der Waals surface area contributed by atoms with Crippen molar-refractivity contribution in [2.24, 2.45) is 11.8 Å². The van der Waals surface area contributed by atoms with Crippen molar-refractivity contribution >= 4 is 12.1 Å². The molecule has 1 aromatic rings. The third kappa shape index (κ3) is 7.75. The van der Waals surface area contributed by atoms with Gasteiger partial charge in [-0.15, -0.1) is 0 Å². The predicted molar refractivity (Wildman–Crippen MR) is 110 cm³/mol. The third-order valence-electron chi connectivity index (χ3n) is 4.99. The number of alkyl carbamates (subject to hydrolysis) is 1. The number of nitrogens with one attached hydrogen (secondary N) is 1. The van der Waals surface area contributed by atoms with Gasteiger partial charge in [0.05, 0.1) is 12.0 Å². The number of carboxylic acid groups (broad SMARTS) is 1. The highest BCUT2D eigenvalue weighted by molar-refractivity contribution is 5.72. The summed E-state index contributed by atoms with van der Waals surface area (Å²) in [7, 11) is 0. The second kappa shape index (κ2) is 10.3. The van der Waals surface area contributed by atoms with Crippen molar-refractivity contribution < 1.29 is 19.4 Å². The van der Waals surface area contributed by atoms with Crippen molar-refractivity contribution in [3.63, 3.8) is 0 Å². The van der Waals surface area contributed by atoms with Gasteiger partial charge in [0.25, 0.3) is 0 Å². The number of carbonyl (C=O) groups excluding carboxylic acids is 1. The molecule has 0 bridgehead atoms. The van der Waals surface area contributed by atoms with Crippen molar-refractivity contribution in [1.29, 1.82) is 0 Å². The van der Waals surface area contributed by atoms with E-state index in [9.17, 15) is 14.7 Å². The summed E-state index contributed by atoms with van der Waals surface area (Å²) >= 11 is 0. The van der Waals surface area contributed by atoms with Gasteiger partial charge in [0.1, 0.15) is 5.60 Å². The number of ether oxygens (including phenoxy) is 1. The van der Waals surface area contributed by atoms with Crippen LogP contribution in [0.1, 0.15) is 58.4 Å². The molecule has 1 aromatic carbocycles. The Bertz CT molecular complexity index is 657. The molecule has 0 heterocycles. The Kier molecular flexibility index (Phi) is 8.09. The molecule has 1 aliphatic carbocycles. The molecule has 0 radical (unpaired) electrons. The zero-order chi connectivity index (χ0) is 20.6. The maximum absolute atomic E-state index is 12.3. The van der Waals surface area contributed by atoms with Crippen LogP contribution in [0.15, 0.2) is 42.5 Å². The molecule has 28 heavy (non-hydrogen) atoms. The van der Waals surface area contributed by atoms with Gasteiger partial charge in [-0.2, -0.15) is 0 Å². The van der Waals surface area contributed by atoms with Gasteiger partial charge in [-0.1, -0.05) is 61.7 Å². The number of benzene rings is 1. The fourth-order valence-corrected chi connectivity index (χ4v) is 3.68. The van der Waals surface area contributed by atoms with Gasteiger partial charge in [0.2, 0.25) is 0 Å². The third-order valence-corrected chi connectivity index (χ3v) is 4.99.